The predicted molar refractivity (Wildman–Crippen MR) is 385 cm³/mol. The minimum absolute atomic E-state index is 0.291. The summed E-state index contributed by atoms with van der Waals surface area (Å²) >= 11 is 0. The molecule has 0 aliphatic carbocycles. The number of likely N-dealkylation sites (N-methyl/N-ethyl adjacent to an activating group) is 3. The molecule has 0 fully saturated rings. The second-order valence-electron chi connectivity index (χ2n) is 29.0. The molecule has 0 amide bonds. The Kier molecular flexibility index (Phi) is 82.1. The summed E-state index contributed by atoms with van der Waals surface area (Å²) in [5.41, 5.74) is 0. The Labute approximate surface area is 558 Å². The number of quaternary nitrogens is 3. The fourth-order valence-corrected chi connectivity index (χ4v) is 11.8. The molecule has 542 valence electrons. The highest BCUT2D eigenvalue weighted by Gasteiger charge is 2.15. The van der Waals surface area contributed by atoms with Crippen LogP contribution in [-0.4, -0.2) is 169 Å². The van der Waals surface area contributed by atoms with Gasteiger partial charge >= 0.3 is 0 Å². The molecule has 13 nitrogen and oxygen atoms in total. The Morgan fingerprint density at radius 2 is 0.360 bits per heavy atom. The van der Waals surface area contributed by atoms with Gasteiger partial charge in [-0.2, -0.15) is 7.82 Å². The maximum absolute atomic E-state index is 9.04. The molecule has 89 heavy (non-hydrogen) atoms. The van der Waals surface area contributed by atoms with Gasteiger partial charge in [-0.15, -0.1) is 0 Å². The van der Waals surface area contributed by atoms with E-state index in [1.807, 2.05) is 0 Å². The predicted octanol–water partition coefficient (Wildman–Crippen LogP) is 16.1. The third-order valence-corrected chi connectivity index (χ3v) is 18.1. The van der Waals surface area contributed by atoms with Gasteiger partial charge in [0.2, 0.25) is 0 Å². The summed E-state index contributed by atoms with van der Waals surface area (Å²) in [7, 11) is 7.81. The second-order valence-corrected chi connectivity index (χ2v) is 29.9. The standard InChI is InChI=1S/3C25H55N2O.H3O4P/c3*1-4-5-6-7-8-9-10-11-12-13-14-15-16-17-18-19-21-26-22-20-23-27(2,3)24-25-28;1-5(2,3)4/h3*26,28H,4-25H2,1-3H3;(H3,1,2,3,4)/q3*+1;/p-3. The summed E-state index contributed by atoms with van der Waals surface area (Å²) < 4.78 is 11.3. The number of phosphoric acid groups is 1. The van der Waals surface area contributed by atoms with Gasteiger partial charge in [-0.3, -0.25) is 0 Å². The van der Waals surface area contributed by atoms with E-state index >= 15 is 0 Å². The minimum Gasteiger partial charge on any atom is -0.822 e. The normalized spacial score (nSPS) is 12.0. The van der Waals surface area contributed by atoms with Gasteiger partial charge in [0, 0.05) is 38.9 Å². The van der Waals surface area contributed by atoms with Crippen LogP contribution in [0.4, 0.5) is 0 Å². The lowest BCUT2D eigenvalue weighted by atomic mass is 10.0. The van der Waals surface area contributed by atoms with Gasteiger partial charge < -0.3 is 64.0 Å². The molecule has 0 atom stereocenters. The molecule has 0 heterocycles. The number of hydrogen-bond donors (Lipinski definition) is 6. The monoisotopic (exact) mass is 1290 g/mol. The summed E-state index contributed by atoms with van der Waals surface area (Å²) in [6.07, 6.45) is 72.5. The lowest BCUT2D eigenvalue weighted by Gasteiger charge is -2.36. The molecule has 0 aromatic rings. The highest BCUT2D eigenvalue weighted by molar-refractivity contribution is 7.40. The van der Waals surface area contributed by atoms with Crippen molar-refractivity contribution in [3.05, 3.63) is 0 Å². The van der Waals surface area contributed by atoms with Crippen LogP contribution in [0.3, 0.4) is 0 Å². The van der Waals surface area contributed by atoms with Crippen molar-refractivity contribution in [3.8, 4) is 0 Å². The third-order valence-electron chi connectivity index (χ3n) is 18.1. The Morgan fingerprint density at radius 3 is 0.494 bits per heavy atom. The fourth-order valence-electron chi connectivity index (χ4n) is 11.8. The number of nitrogens with zero attached hydrogens (tertiary/aromatic N) is 3. The number of unbranched alkanes of at least 4 members (excludes halogenated alkanes) is 45. The topological polar surface area (TPSA) is 183 Å². The number of rotatable bonds is 69. The Hall–Kier alpha value is -0.250. The smallest absolute Gasteiger partial charge is 0.102 e. The minimum atomic E-state index is -5.39. The second kappa shape index (κ2) is 76.8. The summed E-state index contributed by atoms with van der Waals surface area (Å²) in [6.45, 7) is 20.6. The van der Waals surface area contributed by atoms with Crippen LogP contribution in [0.5, 0.6) is 0 Å². The van der Waals surface area contributed by atoms with Crippen LogP contribution < -0.4 is 30.6 Å². The van der Waals surface area contributed by atoms with Gasteiger partial charge in [-0.1, -0.05) is 310 Å². The molecule has 0 saturated heterocycles. The van der Waals surface area contributed by atoms with Gasteiger partial charge in [0.25, 0.3) is 0 Å². The molecule has 0 radical (unpaired) electrons. The van der Waals surface area contributed by atoms with Crippen LogP contribution >= 0.6 is 7.82 Å². The zero-order valence-corrected chi connectivity index (χ0v) is 62.8. The van der Waals surface area contributed by atoms with E-state index in [1.54, 1.807) is 0 Å². The molecule has 0 aromatic carbocycles. The highest BCUT2D eigenvalue weighted by atomic mass is 31.2. The number of aliphatic hydroxyl groups is 3. The third kappa shape index (κ3) is 99.0. The van der Waals surface area contributed by atoms with E-state index in [-0.39, 0.29) is 0 Å². The van der Waals surface area contributed by atoms with Crippen LogP contribution in [-0.2, 0) is 4.57 Å². The molecule has 0 spiro atoms. The Balaban J connectivity index is -0.000000585. The van der Waals surface area contributed by atoms with Crippen molar-refractivity contribution in [1.82, 2.24) is 16.0 Å². The summed E-state index contributed by atoms with van der Waals surface area (Å²) in [5.74, 6) is 0. The highest BCUT2D eigenvalue weighted by Crippen LogP contribution is 2.17. The molecule has 0 rings (SSSR count). The zero-order chi connectivity index (χ0) is 66.8. The van der Waals surface area contributed by atoms with Crippen molar-refractivity contribution in [2.45, 2.75) is 348 Å². The van der Waals surface area contributed by atoms with Crippen molar-refractivity contribution < 1.29 is 48.0 Å². The van der Waals surface area contributed by atoms with Crippen molar-refractivity contribution in [2.24, 2.45) is 0 Å². The Morgan fingerprint density at radius 1 is 0.236 bits per heavy atom. The first-order valence-electron chi connectivity index (χ1n) is 39.0. The van der Waals surface area contributed by atoms with Crippen molar-refractivity contribution in [1.29, 1.82) is 0 Å². The van der Waals surface area contributed by atoms with E-state index in [1.165, 1.54) is 347 Å². The maximum atomic E-state index is 9.04. The number of hydrogen-bond acceptors (Lipinski definition) is 10. The first-order chi connectivity index (χ1) is 42.9. The molecule has 14 heteroatoms. The van der Waals surface area contributed by atoms with Gasteiger partial charge in [0.1, 0.15) is 19.6 Å². The van der Waals surface area contributed by atoms with Crippen molar-refractivity contribution >= 4 is 7.82 Å². The van der Waals surface area contributed by atoms with E-state index < -0.39 is 7.82 Å². The number of aliphatic hydroxyl groups excluding tert-OH is 3. The average Bonchev–Trinajstić information content (AvgIpc) is 3.70. The van der Waals surface area contributed by atoms with Crippen LogP contribution in [0, 0.1) is 0 Å². The van der Waals surface area contributed by atoms with E-state index in [4.69, 9.17) is 34.6 Å². The van der Waals surface area contributed by atoms with E-state index in [0.29, 0.717) is 19.8 Å². The van der Waals surface area contributed by atoms with Crippen LogP contribution in [0.1, 0.15) is 348 Å². The van der Waals surface area contributed by atoms with Crippen LogP contribution in [0.2, 0.25) is 0 Å². The molecule has 0 aliphatic rings. The lowest BCUT2D eigenvalue weighted by molar-refractivity contribution is -0.890. The first kappa shape index (κ1) is 95.1. The molecule has 0 aromatic heterocycles. The summed E-state index contributed by atoms with van der Waals surface area (Å²) in [5, 5.41) is 37.8. The van der Waals surface area contributed by atoms with E-state index in [0.717, 1.165) is 72.4 Å². The molecule has 6 N–H and O–H groups in total. The van der Waals surface area contributed by atoms with E-state index in [2.05, 4.69) is 79.0 Å². The van der Waals surface area contributed by atoms with Crippen molar-refractivity contribution in [3.63, 3.8) is 0 Å². The average molecular weight is 1290 g/mol. The number of nitrogens with one attached hydrogen (secondary N) is 3. The van der Waals surface area contributed by atoms with Gasteiger partial charge in [0.05, 0.1) is 81.7 Å². The summed E-state index contributed by atoms with van der Waals surface area (Å²) in [4.78, 5) is 25.6. The Bertz CT molecular complexity index is 1180. The molecule has 0 bridgehead atoms. The quantitative estimate of drug-likeness (QED) is 0.0195. The van der Waals surface area contributed by atoms with Gasteiger partial charge in [-0.25, -0.2) is 0 Å². The molecular weight excluding hydrogens is 1130 g/mol. The maximum Gasteiger partial charge on any atom is 0.102 e. The fraction of sp³-hybridized carbons (Fsp3) is 1.00. The summed E-state index contributed by atoms with van der Waals surface area (Å²) in [6, 6.07) is 0. The largest absolute Gasteiger partial charge is 0.822 e. The van der Waals surface area contributed by atoms with Crippen LogP contribution in [0.25, 0.3) is 0 Å². The molecule has 0 saturated carbocycles. The van der Waals surface area contributed by atoms with Crippen LogP contribution in [0.15, 0.2) is 0 Å². The first-order valence-corrected chi connectivity index (χ1v) is 40.5. The van der Waals surface area contributed by atoms with Gasteiger partial charge in [0.15, 0.2) is 0 Å². The van der Waals surface area contributed by atoms with E-state index in [9.17, 15) is 0 Å². The lowest BCUT2D eigenvalue weighted by Crippen LogP contribution is -2.43. The zero-order valence-electron chi connectivity index (χ0n) is 61.9. The SMILES string of the molecule is CCCCCCCCCCCCCCCCCCNCCC[N+](C)(C)CCO.CCCCCCCCCCCCCCCCCCNCCC[N+](C)(C)CCO.CCCCCCCCCCCCCCCCCCNCCC[N+](C)(C)CCO.O=P([O-])([O-])[O-]. The molecular formula is C75H165N6O7P. The van der Waals surface area contributed by atoms with Crippen molar-refractivity contribution in [2.75, 3.05) is 141 Å². The van der Waals surface area contributed by atoms with Gasteiger partial charge in [-0.05, 0) is 38.9 Å². The molecule has 0 aliphatic heterocycles. The molecule has 0 unspecified atom stereocenters.